The highest BCUT2D eigenvalue weighted by Gasteiger charge is 2.24. The zero-order valence-electron chi connectivity index (χ0n) is 12.0. The zero-order valence-corrected chi connectivity index (χ0v) is 12.0. The lowest BCUT2D eigenvalue weighted by Gasteiger charge is -2.14. The van der Waals surface area contributed by atoms with Crippen LogP contribution >= 0.6 is 0 Å². The van der Waals surface area contributed by atoms with Crippen molar-refractivity contribution in [3.63, 3.8) is 0 Å². The number of esters is 1. The molecule has 0 heterocycles. The van der Waals surface area contributed by atoms with Crippen molar-refractivity contribution in [2.24, 2.45) is 0 Å². The van der Waals surface area contributed by atoms with Gasteiger partial charge in [0.1, 0.15) is 6.61 Å². The second kappa shape index (κ2) is 7.90. The van der Waals surface area contributed by atoms with Gasteiger partial charge >= 0.3 is 11.7 Å². The normalized spacial score (nSPS) is 11.3. The minimum atomic E-state index is -0.560. The van der Waals surface area contributed by atoms with Crippen LogP contribution < -0.4 is 4.74 Å². The Labute approximate surface area is 123 Å². The Hall–Kier alpha value is -2.55. The molecular weight excluding hydrogens is 274 g/mol. The number of ether oxygens (including phenoxy) is 2. The standard InChI is InChI=1S/C15H17NO5/c1-4-6-12(15(17)20-3)11-7-8-14(21-9-5-2)13(10-11)16(18)19/h2,7-8,10,12H,4,6,9H2,1,3H3. The molecule has 0 spiro atoms. The zero-order chi connectivity index (χ0) is 15.8. The molecule has 0 aliphatic carbocycles. The Morgan fingerprint density at radius 2 is 2.24 bits per heavy atom. The summed E-state index contributed by atoms with van der Waals surface area (Å²) in [6.07, 6.45) is 6.37. The van der Waals surface area contributed by atoms with Gasteiger partial charge in [0.2, 0.25) is 0 Å². The summed E-state index contributed by atoms with van der Waals surface area (Å²) in [4.78, 5) is 22.3. The van der Waals surface area contributed by atoms with Crippen LogP contribution in [-0.4, -0.2) is 24.6 Å². The number of hydrogen-bond donors (Lipinski definition) is 0. The lowest BCUT2D eigenvalue weighted by atomic mass is 9.94. The van der Waals surface area contributed by atoms with Gasteiger partial charge in [-0.25, -0.2) is 0 Å². The third-order valence-electron chi connectivity index (χ3n) is 2.96. The summed E-state index contributed by atoms with van der Waals surface area (Å²) in [6, 6.07) is 4.41. The number of terminal acetylenes is 1. The van der Waals surface area contributed by atoms with E-state index in [0.29, 0.717) is 12.0 Å². The Bertz CT molecular complexity index is 562. The van der Waals surface area contributed by atoms with Crippen LogP contribution in [0.25, 0.3) is 0 Å². The van der Waals surface area contributed by atoms with Crippen LogP contribution in [0.4, 0.5) is 5.69 Å². The van der Waals surface area contributed by atoms with Crippen molar-refractivity contribution < 1.29 is 19.2 Å². The highest BCUT2D eigenvalue weighted by atomic mass is 16.6. The average molecular weight is 291 g/mol. The van der Waals surface area contributed by atoms with Gasteiger partial charge in [-0.05, 0) is 18.1 Å². The number of hydrogen-bond acceptors (Lipinski definition) is 5. The maximum atomic E-state index is 11.8. The first-order chi connectivity index (χ1) is 10.0. The van der Waals surface area contributed by atoms with E-state index in [2.05, 4.69) is 5.92 Å². The van der Waals surface area contributed by atoms with Gasteiger partial charge in [-0.3, -0.25) is 14.9 Å². The Morgan fingerprint density at radius 1 is 1.52 bits per heavy atom. The average Bonchev–Trinajstić information content (AvgIpc) is 2.49. The number of nitro groups is 1. The molecule has 0 aliphatic rings. The fourth-order valence-electron chi connectivity index (χ4n) is 1.99. The predicted octanol–water partition coefficient (Wildman–Crippen LogP) is 2.66. The van der Waals surface area contributed by atoms with Crippen LogP contribution in [0.2, 0.25) is 0 Å². The van der Waals surface area contributed by atoms with E-state index < -0.39 is 16.8 Å². The minimum Gasteiger partial charge on any atom is -0.474 e. The predicted molar refractivity (Wildman–Crippen MR) is 77.1 cm³/mol. The van der Waals surface area contributed by atoms with Crippen molar-refractivity contribution in [1.82, 2.24) is 0 Å². The molecular formula is C15H17NO5. The van der Waals surface area contributed by atoms with Gasteiger partial charge < -0.3 is 9.47 Å². The van der Waals surface area contributed by atoms with E-state index in [1.165, 1.54) is 19.2 Å². The maximum absolute atomic E-state index is 11.8. The smallest absolute Gasteiger partial charge is 0.313 e. The molecule has 0 N–H and O–H groups in total. The molecule has 1 atom stereocenters. The molecule has 1 aromatic carbocycles. The van der Waals surface area contributed by atoms with Gasteiger partial charge in [-0.1, -0.05) is 25.3 Å². The fraction of sp³-hybridized carbons (Fsp3) is 0.400. The minimum absolute atomic E-state index is 0.0599. The van der Waals surface area contributed by atoms with Crippen molar-refractivity contribution in [1.29, 1.82) is 0 Å². The van der Waals surface area contributed by atoms with Gasteiger partial charge in [-0.2, -0.15) is 0 Å². The molecule has 0 aromatic heterocycles. The number of benzene rings is 1. The van der Waals surface area contributed by atoms with Crippen molar-refractivity contribution >= 4 is 11.7 Å². The third-order valence-corrected chi connectivity index (χ3v) is 2.96. The molecule has 0 aliphatic heterocycles. The van der Waals surface area contributed by atoms with Crippen molar-refractivity contribution in [3.8, 4) is 18.1 Å². The Kier molecular flexibility index (Phi) is 6.21. The molecule has 6 heteroatoms. The largest absolute Gasteiger partial charge is 0.474 e. The summed E-state index contributed by atoms with van der Waals surface area (Å²) >= 11 is 0. The molecule has 1 unspecified atom stereocenters. The summed E-state index contributed by atoms with van der Waals surface area (Å²) in [7, 11) is 1.30. The second-order valence-corrected chi connectivity index (χ2v) is 4.34. The number of nitrogens with zero attached hydrogens (tertiary/aromatic N) is 1. The van der Waals surface area contributed by atoms with E-state index in [1.54, 1.807) is 6.07 Å². The molecule has 0 saturated carbocycles. The number of carbonyl (C=O) groups excluding carboxylic acids is 1. The highest BCUT2D eigenvalue weighted by Crippen LogP contribution is 2.32. The number of rotatable bonds is 7. The van der Waals surface area contributed by atoms with Gasteiger partial charge in [-0.15, -0.1) is 6.42 Å². The quantitative estimate of drug-likeness (QED) is 0.334. The first-order valence-corrected chi connectivity index (χ1v) is 6.47. The molecule has 0 fully saturated rings. The molecule has 21 heavy (non-hydrogen) atoms. The molecule has 6 nitrogen and oxygen atoms in total. The van der Waals surface area contributed by atoms with E-state index in [1.807, 2.05) is 6.92 Å². The van der Waals surface area contributed by atoms with Gasteiger partial charge in [0.05, 0.1) is 18.0 Å². The number of nitro benzene ring substituents is 1. The maximum Gasteiger partial charge on any atom is 0.313 e. The van der Waals surface area contributed by atoms with Crippen LogP contribution in [0.5, 0.6) is 5.75 Å². The van der Waals surface area contributed by atoms with Gasteiger partial charge in [0, 0.05) is 6.07 Å². The van der Waals surface area contributed by atoms with Crippen LogP contribution in [0.15, 0.2) is 18.2 Å². The summed E-state index contributed by atoms with van der Waals surface area (Å²) in [5.74, 6) is 1.39. The Morgan fingerprint density at radius 3 is 2.76 bits per heavy atom. The number of carbonyl (C=O) groups is 1. The summed E-state index contributed by atoms with van der Waals surface area (Å²) in [5.41, 5.74) is 0.316. The van der Waals surface area contributed by atoms with Crippen LogP contribution in [0, 0.1) is 22.5 Å². The van der Waals surface area contributed by atoms with Crippen molar-refractivity contribution in [2.75, 3.05) is 13.7 Å². The number of methoxy groups -OCH3 is 1. The summed E-state index contributed by atoms with van der Waals surface area (Å²) in [6.45, 7) is 1.87. The van der Waals surface area contributed by atoms with Gasteiger partial charge in [0.25, 0.3) is 0 Å². The van der Waals surface area contributed by atoms with Crippen molar-refractivity contribution in [2.45, 2.75) is 25.7 Å². The van der Waals surface area contributed by atoms with E-state index >= 15 is 0 Å². The third kappa shape index (κ3) is 4.21. The van der Waals surface area contributed by atoms with Gasteiger partial charge in [0.15, 0.2) is 5.75 Å². The highest BCUT2D eigenvalue weighted by molar-refractivity contribution is 5.78. The SMILES string of the molecule is C#CCOc1ccc(C(CCC)C(=O)OC)cc1[N+](=O)[O-]. The molecule has 112 valence electrons. The molecule has 1 aromatic rings. The van der Waals surface area contributed by atoms with Crippen LogP contribution in [0.3, 0.4) is 0 Å². The molecule has 0 amide bonds. The first kappa shape index (κ1) is 16.5. The molecule has 0 bridgehead atoms. The van der Waals surface area contributed by atoms with E-state index in [4.69, 9.17) is 15.9 Å². The molecule has 0 saturated heterocycles. The van der Waals surface area contributed by atoms with Crippen LogP contribution in [-0.2, 0) is 9.53 Å². The van der Waals surface area contributed by atoms with E-state index in [-0.39, 0.29) is 18.0 Å². The first-order valence-electron chi connectivity index (χ1n) is 6.47. The van der Waals surface area contributed by atoms with E-state index in [0.717, 1.165) is 6.42 Å². The van der Waals surface area contributed by atoms with Crippen LogP contribution in [0.1, 0.15) is 31.2 Å². The lowest BCUT2D eigenvalue weighted by molar-refractivity contribution is -0.385. The fourth-order valence-corrected chi connectivity index (χ4v) is 1.99. The lowest BCUT2D eigenvalue weighted by Crippen LogP contribution is -2.14. The molecule has 1 rings (SSSR count). The second-order valence-electron chi connectivity index (χ2n) is 4.34. The summed E-state index contributed by atoms with van der Waals surface area (Å²) in [5, 5.41) is 11.1. The monoisotopic (exact) mass is 291 g/mol. The van der Waals surface area contributed by atoms with E-state index in [9.17, 15) is 14.9 Å². The van der Waals surface area contributed by atoms with Crippen molar-refractivity contribution in [3.05, 3.63) is 33.9 Å². The Balaban J connectivity index is 3.19. The topological polar surface area (TPSA) is 78.7 Å². The summed E-state index contributed by atoms with van der Waals surface area (Å²) < 4.78 is 9.88. The molecule has 0 radical (unpaired) electrons.